The molecule has 1 unspecified atom stereocenters. The number of anilines is 1. The lowest BCUT2D eigenvalue weighted by Gasteiger charge is -2.38. The van der Waals surface area contributed by atoms with E-state index in [9.17, 15) is 23.1 Å². The van der Waals surface area contributed by atoms with Crippen LogP contribution in [0.5, 0.6) is 5.75 Å². The number of rotatable bonds is 5. The lowest BCUT2D eigenvalue weighted by molar-refractivity contribution is -0.272. The summed E-state index contributed by atoms with van der Waals surface area (Å²) >= 11 is 0. The Morgan fingerprint density at radius 1 is 1.21 bits per heavy atom. The number of amides is 1. The third kappa shape index (κ3) is 4.02. The number of halogens is 3. The Bertz CT molecular complexity index is 862. The van der Waals surface area contributed by atoms with Crippen LogP contribution in [0.25, 0.3) is 0 Å². The van der Waals surface area contributed by atoms with E-state index in [1.807, 2.05) is 29.2 Å². The third-order valence-electron chi connectivity index (χ3n) is 5.13. The number of carbonyl (C=O) groups excluding carboxylic acids is 1. The van der Waals surface area contributed by atoms with Crippen LogP contribution in [0.15, 0.2) is 36.7 Å². The fourth-order valence-corrected chi connectivity index (χ4v) is 3.49. The van der Waals surface area contributed by atoms with Crippen LogP contribution in [0.1, 0.15) is 12.2 Å². The number of methoxy groups -OCH3 is 1. The second-order valence-electron chi connectivity index (χ2n) is 6.94. The molecule has 1 amide bonds. The van der Waals surface area contributed by atoms with Gasteiger partial charge in [-0.15, -0.1) is 0 Å². The molecule has 2 heterocycles. The molecule has 29 heavy (non-hydrogen) atoms. The minimum atomic E-state index is -5.04. The number of para-hydroxylation sites is 2. The van der Waals surface area contributed by atoms with Crippen molar-refractivity contribution in [3.63, 3.8) is 0 Å². The van der Waals surface area contributed by atoms with Gasteiger partial charge in [-0.05, 0) is 12.1 Å². The van der Waals surface area contributed by atoms with Gasteiger partial charge in [-0.25, -0.2) is 4.98 Å². The number of hydrogen-bond acceptors (Lipinski definition) is 5. The summed E-state index contributed by atoms with van der Waals surface area (Å²) in [7, 11) is 2.91. The van der Waals surface area contributed by atoms with E-state index in [4.69, 9.17) is 4.74 Å². The maximum Gasteiger partial charge on any atom is 0.425 e. The van der Waals surface area contributed by atoms with Crippen molar-refractivity contribution in [3.05, 3.63) is 42.5 Å². The molecule has 0 spiro atoms. The molecular weight excluding hydrogens is 389 g/mol. The van der Waals surface area contributed by atoms with E-state index in [0.29, 0.717) is 18.8 Å². The minimum Gasteiger partial charge on any atom is -0.495 e. The van der Waals surface area contributed by atoms with Gasteiger partial charge in [0, 0.05) is 45.6 Å². The number of carbonyl (C=O) groups is 1. The quantitative estimate of drug-likeness (QED) is 0.813. The van der Waals surface area contributed by atoms with Gasteiger partial charge in [-0.3, -0.25) is 4.79 Å². The van der Waals surface area contributed by atoms with Crippen molar-refractivity contribution in [2.24, 2.45) is 7.05 Å². The third-order valence-corrected chi connectivity index (χ3v) is 5.13. The van der Waals surface area contributed by atoms with Gasteiger partial charge >= 0.3 is 6.18 Å². The lowest BCUT2D eigenvalue weighted by atomic mass is 9.96. The van der Waals surface area contributed by atoms with Crippen LogP contribution >= 0.6 is 0 Å². The number of nitrogens with zero attached hydrogens (tertiary/aromatic N) is 4. The van der Waals surface area contributed by atoms with Crippen molar-refractivity contribution in [1.82, 2.24) is 14.5 Å². The zero-order chi connectivity index (χ0) is 21.2. The van der Waals surface area contributed by atoms with Crippen molar-refractivity contribution in [2.75, 3.05) is 38.2 Å². The second kappa shape index (κ2) is 7.94. The number of hydrogen-bond donors (Lipinski definition) is 1. The van der Waals surface area contributed by atoms with E-state index in [1.54, 1.807) is 7.11 Å². The van der Waals surface area contributed by atoms with E-state index in [1.165, 1.54) is 18.1 Å². The number of aromatic nitrogens is 2. The molecule has 158 valence electrons. The Labute approximate surface area is 166 Å². The molecule has 10 heteroatoms. The Morgan fingerprint density at radius 2 is 1.86 bits per heavy atom. The van der Waals surface area contributed by atoms with Gasteiger partial charge in [0.05, 0.1) is 19.2 Å². The molecule has 1 aliphatic heterocycles. The molecule has 0 bridgehead atoms. The predicted octanol–water partition coefficient (Wildman–Crippen LogP) is 1.92. The monoisotopic (exact) mass is 412 g/mol. The zero-order valence-electron chi connectivity index (χ0n) is 16.2. The van der Waals surface area contributed by atoms with E-state index >= 15 is 0 Å². The number of piperazine rings is 1. The topological polar surface area (TPSA) is 70.8 Å². The van der Waals surface area contributed by atoms with Crippen LogP contribution in [0.3, 0.4) is 0 Å². The molecular formula is C19H23F3N4O3. The summed E-state index contributed by atoms with van der Waals surface area (Å²) in [6.07, 6.45) is -3.71. The second-order valence-corrected chi connectivity index (χ2v) is 6.94. The van der Waals surface area contributed by atoms with E-state index < -0.39 is 29.9 Å². The summed E-state index contributed by atoms with van der Waals surface area (Å²) in [5, 5.41) is 10.4. The fourth-order valence-electron chi connectivity index (χ4n) is 3.49. The Morgan fingerprint density at radius 3 is 2.41 bits per heavy atom. The number of aliphatic hydroxyl groups is 1. The van der Waals surface area contributed by atoms with Crippen molar-refractivity contribution >= 4 is 11.6 Å². The van der Waals surface area contributed by atoms with Crippen LogP contribution < -0.4 is 9.64 Å². The summed E-state index contributed by atoms with van der Waals surface area (Å²) in [4.78, 5) is 19.6. The zero-order valence-corrected chi connectivity index (χ0v) is 16.2. The summed E-state index contributed by atoms with van der Waals surface area (Å²) in [6, 6.07) is 7.42. The molecule has 0 aliphatic carbocycles. The summed E-state index contributed by atoms with van der Waals surface area (Å²) in [5.74, 6) is -0.688. The molecule has 7 nitrogen and oxygen atoms in total. The van der Waals surface area contributed by atoms with Gasteiger partial charge in [-0.2, -0.15) is 13.2 Å². The molecule has 1 aromatic heterocycles. The first-order chi connectivity index (χ1) is 13.7. The van der Waals surface area contributed by atoms with Crippen molar-refractivity contribution in [1.29, 1.82) is 0 Å². The Balaban J connectivity index is 1.71. The number of alkyl halides is 3. The average Bonchev–Trinajstić information content (AvgIpc) is 3.13. The number of benzene rings is 1. The van der Waals surface area contributed by atoms with Crippen molar-refractivity contribution in [2.45, 2.75) is 18.2 Å². The highest BCUT2D eigenvalue weighted by atomic mass is 19.4. The molecule has 1 N–H and O–H groups in total. The maximum atomic E-state index is 13.6. The summed E-state index contributed by atoms with van der Waals surface area (Å²) in [6.45, 7) is 1.37. The van der Waals surface area contributed by atoms with Crippen LogP contribution in [-0.4, -0.2) is 64.9 Å². The molecule has 1 saturated heterocycles. The van der Waals surface area contributed by atoms with Gasteiger partial charge in [0.15, 0.2) is 5.82 Å². The predicted molar refractivity (Wildman–Crippen MR) is 99.6 cm³/mol. The highest BCUT2D eigenvalue weighted by Crippen LogP contribution is 2.41. The number of imidazole rings is 1. The maximum absolute atomic E-state index is 13.6. The first kappa shape index (κ1) is 21.0. The summed E-state index contributed by atoms with van der Waals surface area (Å²) < 4.78 is 47.3. The van der Waals surface area contributed by atoms with E-state index in [-0.39, 0.29) is 13.1 Å². The van der Waals surface area contributed by atoms with Crippen molar-refractivity contribution < 1.29 is 27.8 Å². The first-order valence-corrected chi connectivity index (χ1v) is 9.10. The van der Waals surface area contributed by atoms with Gasteiger partial charge in [0.2, 0.25) is 11.5 Å². The van der Waals surface area contributed by atoms with Crippen LogP contribution in [0.2, 0.25) is 0 Å². The molecule has 2 aromatic rings. The van der Waals surface area contributed by atoms with Gasteiger partial charge in [0.25, 0.3) is 0 Å². The molecule has 1 aliphatic rings. The van der Waals surface area contributed by atoms with Gasteiger partial charge in [-0.1, -0.05) is 12.1 Å². The molecule has 0 saturated carbocycles. The van der Waals surface area contributed by atoms with E-state index in [2.05, 4.69) is 4.98 Å². The molecule has 1 fully saturated rings. The van der Waals surface area contributed by atoms with Crippen LogP contribution in [0.4, 0.5) is 18.9 Å². The molecule has 0 radical (unpaired) electrons. The van der Waals surface area contributed by atoms with Crippen LogP contribution in [-0.2, 0) is 17.4 Å². The largest absolute Gasteiger partial charge is 0.495 e. The normalized spacial score (nSPS) is 17.2. The number of aryl methyl sites for hydroxylation is 1. The fraction of sp³-hybridized carbons (Fsp3) is 0.474. The van der Waals surface area contributed by atoms with Crippen molar-refractivity contribution in [3.8, 4) is 5.75 Å². The Kier molecular flexibility index (Phi) is 5.74. The smallest absolute Gasteiger partial charge is 0.425 e. The SMILES string of the molecule is COc1ccccc1N1CCN(C(=O)CC(O)(c2nccn2C)C(F)(F)F)CC1. The Hall–Kier alpha value is -2.75. The average molecular weight is 412 g/mol. The van der Waals surface area contributed by atoms with Crippen LogP contribution in [0, 0.1) is 0 Å². The lowest BCUT2D eigenvalue weighted by Crippen LogP contribution is -2.53. The highest BCUT2D eigenvalue weighted by Gasteiger charge is 2.59. The van der Waals surface area contributed by atoms with E-state index in [0.717, 1.165) is 16.5 Å². The van der Waals surface area contributed by atoms with Gasteiger partial charge in [0.1, 0.15) is 5.75 Å². The standard InChI is InChI=1S/C19H23F3N4O3/c1-24-8-7-23-17(24)18(28,19(20,21)22)13-16(27)26-11-9-25(10-12-26)14-5-3-4-6-15(14)29-2/h3-8,28H,9-13H2,1-2H3. The molecule has 3 rings (SSSR count). The highest BCUT2D eigenvalue weighted by molar-refractivity contribution is 5.78. The number of ether oxygens (including phenoxy) is 1. The minimum absolute atomic E-state index is 0.241. The molecule has 1 atom stereocenters. The van der Waals surface area contributed by atoms with Gasteiger partial charge < -0.3 is 24.2 Å². The molecule has 1 aromatic carbocycles. The first-order valence-electron chi connectivity index (χ1n) is 9.10. The summed E-state index contributed by atoms with van der Waals surface area (Å²) in [5.41, 5.74) is -2.48.